The van der Waals surface area contributed by atoms with Crippen molar-refractivity contribution in [1.82, 2.24) is 24.3 Å². The first-order valence-corrected chi connectivity index (χ1v) is 10.0. The average molecular weight is 361 g/mol. The van der Waals surface area contributed by atoms with E-state index in [1.54, 1.807) is 0 Å². The molecule has 27 heavy (non-hydrogen) atoms. The number of rotatable bonds is 4. The number of benzene rings is 1. The van der Waals surface area contributed by atoms with Crippen LogP contribution < -0.4 is 0 Å². The normalized spacial score (nSPS) is 23.7. The van der Waals surface area contributed by atoms with Crippen molar-refractivity contribution in [1.29, 1.82) is 0 Å². The molecule has 0 unspecified atom stereocenters. The highest BCUT2D eigenvalue weighted by Crippen LogP contribution is 2.30. The van der Waals surface area contributed by atoms with Crippen molar-refractivity contribution in [2.24, 2.45) is 13.0 Å². The first-order valence-electron chi connectivity index (χ1n) is 10.0. The highest BCUT2D eigenvalue weighted by Gasteiger charge is 2.35. The minimum atomic E-state index is 0.630. The zero-order chi connectivity index (χ0) is 18.2. The third kappa shape index (κ3) is 3.37. The maximum atomic E-state index is 4.91. The second-order valence-corrected chi connectivity index (χ2v) is 8.15. The maximum absolute atomic E-state index is 4.91. The predicted octanol–water partition coefficient (Wildman–Crippen LogP) is 3.06. The fraction of sp³-hybridized carbons (Fsp3) is 0.455. The van der Waals surface area contributed by atoms with Crippen LogP contribution in [0.5, 0.6) is 0 Å². The molecule has 0 spiro atoms. The number of hydrogen-bond donors (Lipinski definition) is 0. The molecule has 3 aliphatic rings. The van der Waals surface area contributed by atoms with Gasteiger partial charge in [0.1, 0.15) is 5.82 Å². The van der Waals surface area contributed by atoms with E-state index in [9.17, 15) is 0 Å². The Morgan fingerprint density at radius 2 is 1.81 bits per heavy atom. The van der Waals surface area contributed by atoms with Crippen LogP contribution in [0.3, 0.4) is 0 Å². The van der Waals surface area contributed by atoms with Crippen molar-refractivity contribution in [3.63, 3.8) is 0 Å². The molecular weight excluding hydrogens is 334 g/mol. The average Bonchev–Trinajstić information content (AvgIpc) is 2.83. The predicted molar refractivity (Wildman–Crippen MR) is 107 cm³/mol. The van der Waals surface area contributed by atoms with Crippen molar-refractivity contribution < 1.29 is 0 Å². The summed E-state index contributed by atoms with van der Waals surface area (Å²) < 4.78 is 2.27. The van der Waals surface area contributed by atoms with Gasteiger partial charge in [0.15, 0.2) is 0 Å². The minimum Gasteiger partial charge on any atom is -0.330 e. The molecule has 3 aromatic rings. The van der Waals surface area contributed by atoms with Crippen molar-refractivity contribution in [3.8, 4) is 0 Å². The lowest BCUT2D eigenvalue weighted by Crippen LogP contribution is -2.43. The first-order chi connectivity index (χ1) is 13.3. The van der Waals surface area contributed by atoms with E-state index in [0.717, 1.165) is 31.1 Å². The van der Waals surface area contributed by atoms with Crippen LogP contribution in [0, 0.1) is 5.92 Å². The summed E-state index contributed by atoms with van der Waals surface area (Å²) in [5, 5.41) is 0. The third-order valence-electron chi connectivity index (χ3n) is 6.28. The van der Waals surface area contributed by atoms with Gasteiger partial charge in [-0.2, -0.15) is 0 Å². The molecular formula is C22H27N5. The second-order valence-electron chi connectivity index (χ2n) is 8.15. The van der Waals surface area contributed by atoms with Gasteiger partial charge in [-0.1, -0.05) is 12.1 Å². The van der Waals surface area contributed by atoms with Crippen molar-refractivity contribution in [3.05, 3.63) is 60.2 Å². The molecule has 0 aliphatic carbocycles. The zero-order valence-corrected chi connectivity index (χ0v) is 16.0. The molecule has 3 aliphatic heterocycles. The summed E-state index contributed by atoms with van der Waals surface area (Å²) in [6, 6.07) is 13.4. The molecule has 0 radical (unpaired) electrons. The van der Waals surface area contributed by atoms with Gasteiger partial charge in [0, 0.05) is 51.7 Å². The van der Waals surface area contributed by atoms with E-state index < -0.39 is 0 Å². The summed E-state index contributed by atoms with van der Waals surface area (Å²) in [4.78, 5) is 14.4. The standard InChI is InChI=1S/C22H27N5/c1-25-21-5-3-2-4-20(21)24-22(25)16-27-14-18-6-7-19(27)15-26(13-18)12-17-8-10-23-11-9-17/h2-5,8-11,18-19H,6-7,12-16H2,1H3/t18-,19+/m0/s1. The summed E-state index contributed by atoms with van der Waals surface area (Å²) in [6.07, 6.45) is 6.47. The van der Waals surface area contributed by atoms with Gasteiger partial charge in [0.25, 0.3) is 0 Å². The van der Waals surface area contributed by atoms with Crippen LogP contribution >= 0.6 is 0 Å². The van der Waals surface area contributed by atoms with Crippen LogP contribution in [0.15, 0.2) is 48.8 Å². The lowest BCUT2D eigenvalue weighted by Gasteiger charge is -2.35. The number of pyridine rings is 1. The number of aromatic nitrogens is 3. The Kier molecular flexibility index (Phi) is 4.42. The highest BCUT2D eigenvalue weighted by atomic mass is 15.3. The molecule has 2 aromatic heterocycles. The molecule has 3 fully saturated rings. The Labute approximate surface area is 160 Å². The van der Waals surface area contributed by atoms with Gasteiger partial charge in [-0.25, -0.2) is 4.98 Å². The monoisotopic (exact) mass is 361 g/mol. The maximum Gasteiger partial charge on any atom is 0.123 e. The van der Waals surface area contributed by atoms with Crippen molar-refractivity contribution in [2.45, 2.75) is 32.0 Å². The zero-order valence-electron chi connectivity index (χ0n) is 16.0. The Morgan fingerprint density at radius 3 is 2.67 bits per heavy atom. The van der Waals surface area contributed by atoms with Gasteiger partial charge >= 0.3 is 0 Å². The third-order valence-corrected chi connectivity index (χ3v) is 6.28. The first kappa shape index (κ1) is 16.9. The minimum absolute atomic E-state index is 0.630. The topological polar surface area (TPSA) is 37.2 Å². The van der Waals surface area contributed by atoms with Crippen LogP contribution in [0.4, 0.5) is 0 Å². The second kappa shape index (κ2) is 7.06. The number of imidazole rings is 1. The van der Waals surface area contributed by atoms with Crippen LogP contribution in [0.25, 0.3) is 11.0 Å². The highest BCUT2D eigenvalue weighted by molar-refractivity contribution is 5.75. The number of hydrogen-bond acceptors (Lipinski definition) is 4. The Hall–Kier alpha value is -2.24. The summed E-state index contributed by atoms with van der Waals surface area (Å²) in [6.45, 7) is 5.55. The number of fused-ring (bicyclic) bond motifs is 5. The summed E-state index contributed by atoms with van der Waals surface area (Å²) in [5.41, 5.74) is 3.70. The molecule has 5 heteroatoms. The van der Waals surface area contributed by atoms with E-state index in [4.69, 9.17) is 4.98 Å². The molecule has 5 nitrogen and oxygen atoms in total. The number of nitrogens with zero attached hydrogens (tertiary/aromatic N) is 5. The van der Waals surface area contributed by atoms with Gasteiger partial charge < -0.3 is 4.57 Å². The number of para-hydroxylation sites is 2. The smallest absolute Gasteiger partial charge is 0.123 e. The van der Waals surface area contributed by atoms with Crippen LogP contribution in [-0.2, 0) is 20.1 Å². The number of piperidine rings is 1. The summed E-state index contributed by atoms with van der Waals surface area (Å²) in [7, 11) is 2.15. The quantitative estimate of drug-likeness (QED) is 0.716. The number of aryl methyl sites for hydroxylation is 1. The molecule has 2 atom stereocenters. The fourth-order valence-corrected chi connectivity index (χ4v) is 4.86. The van der Waals surface area contributed by atoms with E-state index in [-0.39, 0.29) is 0 Å². The molecule has 0 amide bonds. The molecule has 0 N–H and O–H groups in total. The lowest BCUT2D eigenvalue weighted by atomic mass is 9.95. The van der Waals surface area contributed by atoms with E-state index in [1.807, 2.05) is 12.4 Å². The van der Waals surface area contributed by atoms with Gasteiger partial charge in [0.2, 0.25) is 0 Å². The summed E-state index contributed by atoms with van der Waals surface area (Å²) in [5.74, 6) is 1.95. The molecule has 140 valence electrons. The van der Waals surface area contributed by atoms with E-state index in [1.165, 1.54) is 42.8 Å². The van der Waals surface area contributed by atoms with E-state index in [2.05, 4.69) is 62.8 Å². The summed E-state index contributed by atoms with van der Waals surface area (Å²) >= 11 is 0. The Balaban J connectivity index is 1.33. The lowest BCUT2D eigenvalue weighted by molar-refractivity contribution is 0.119. The van der Waals surface area contributed by atoms with Crippen molar-refractivity contribution in [2.75, 3.05) is 19.6 Å². The molecule has 3 saturated heterocycles. The van der Waals surface area contributed by atoms with E-state index >= 15 is 0 Å². The van der Waals surface area contributed by atoms with Crippen LogP contribution in [-0.4, -0.2) is 50.0 Å². The van der Waals surface area contributed by atoms with Gasteiger partial charge in [-0.3, -0.25) is 14.8 Å². The SMILES string of the molecule is Cn1c(CN2C[C@H]3CC[C@@H]2CN(Cc2ccncc2)C3)nc2ccccc21. The molecule has 5 heterocycles. The van der Waals surface area contributed by atoms with Crippen LogP contribution in [0.2, 0.25) is 0 Å². The molecule has 1 aromatic carbocycles. The molecule has 0 saturated carbocycles. The van der Waals surface area contributed by atoms with Crippen molar-refractivity contribution >= 4 is 11.0 Å². The largest absolute Gasteiger partial charge is 0.330 e. The van der Waals surface area contributed by atoms with Crippen LogP contribution in [0.1, 0.15) is 24.2 Å². The Morgan fingerprint density at radius 1 is 0.963 bits per heavy atom. The van der Waals surface area contributed by atoms with E-state index in [0.29, 0.717) is 6.04 Å². The fourth-order valence-electron chi connectivity index (χ4n) is 4.86. The van der Waals surface area contributed by atoms with Gasteiger partial charge in [-0.05, 0) is 48.6 Å². The van der Waals surface area contributed by atoms with Gasteiger partial charge in [-0.15, -0.1) is 0 Å². The Bertz CT molecular complexity index is 919. The molecule has 2 bridgehead atoms. The molecule has 6 rings (SSSR count). The van der Waals surface area contributed by atoms with Gasteiger partial charge in [0.05, 0.1) is 17.6 Å².